The van der Waals surface area contributed by atoms with Crippen LogP contribution in [0.15, 0.2) is 0 Å². The quantitative estimate of drug-likeness (QED) is 0.658. The van der Waals surface area contributed by atoms with E-state index in [1.54, 1.807) is 0 Å². The van der Waals surface area contributed by atoms with Crippen LogP contribution in [-0.4, -0.2) is 23.7 Å². The van der Waals surface area contributed by atoms with Crippen LogP contribution in [0.5, 0.6) is 0 Å². The van der Waals surface area contributed by atoms with Crippen molar-refractivity contribution < 1.29 is 4.74 Å². The number of ether oxygens (including phenoxy) is 1. The molecule has 1 saturated heterocycles. The van der Waals surface area contributed by atoms with Crippen LogP contribution in [0.4, 0.5) is 0 Å². The second-order valence-electron chi connectivity index (χ2n) is 4.21. The molecule has 78 valence electrons. The lowest BCUT2D eigenvalue weighted by molar-refractivity contribution is 0.0452. The number of hydrogen-bond acceptors (Lipinski definition) is 3. The third kappa shape index (κ3) is 2.43. The normalized spacial score (nSPS) is 34.2. The Morgan fingerprint density at radius 2 is 1.93 bits per heavy atom. The van der Waals surface area contributed by atoms with Gasteiger partial charge in [-0.25, -0.2) is 0 Å². The molecule has 14 heavy (non-hydrogen) atoms. The second-order valence-corrected chi connectivity index (χ2v) is 5.75. The lowest BCUT2D eigenvalue weighted by atomic mass is 10.0. The van der Waals surface area contributed by atoms with Crippen molar-refractivity contribution in [1.29, 1.82) is 5.26 Å². The van der Waals surface area contributed by atoms with E-state index in [1.807, 2.05) is 11.8 Å². The van der Waals surface area contributed by atoms with E-state index in [0.29, 0.717) is 16.4 Å². The Morgan fingerprint density at radius 1 is 1.14 bits per heavy atom. The van der Waals surface area contributed by atoms with E-state index >= 15 is 0 Å². The highest BCUT2D eigenvalue weighted by molar-refractivity contribution is 8.00. The first-order valence-corrected chi connectivity index (χ1v) is 6.47. The van der Waals surface area contributed by atoms with Crippen molar-refractivity contribution in [3.63, 3.8) is 0 Å². The number of nitrogens with zero attached hydrogens (tertiary/aromatic N) is 1. The molecule has 0 N–H and O–H groups in total. The van der Waals surface area contributed by atoms with Gasteiger partial charge in [-0.3, -0.25) is 0 Å². The van der Waals surface area contributed by atoms with Gasteiger partial charge in [0.1, 0.15) is 0 Å². The molecular formula is C11H17NOS. The molecule has 0 spiro atoms. The van der Waals surface area contributed by atoms with E-state index in [1.165, 1.54) is 25.7 Å². The van der Waals surface area contributed by atoms with Gasteiger partial charge in [0.25, 0.3) is 0 Å². The Labute approximate surface area is 90.0 Å². The monoisotopic (exact) mass is 211 g/mol. The molecule has 2 rings (SSSR count). The zero-order chi connectivity index (χ0) is 9.80. The first kappa shape index (κ1) is 10.3. The van der Waals surface area contributed by atoms with Gasteiger partial charge in [-0.1, -0.05) is 19.3 Å². The topological polar surface area (TPSA) is 33.0 Å². The van der Waals surface area contributed by atoms with Gasteiger partial charge in [-0.05, 0) is 12.8 Å². The van der Waals surface area contributed by atoms with Gasteiger partial charge in [0, 0.05) is 5.25 Å². The maximum atomic E-state index is 9.10. The van der Waals surface area contributed by atoms with Crippen LogP contribution in [0, 0.1) is 17.2 Å². The number of nitriles is 1. The summed E-state index contributed by atoms with van der Waals surface area (Å²) in [5.41, 5.74) is 0. The fourth-order valence-electron chi connectivity index (χ4n) is 2.12. The fourth-order valence-corrected chi connectivity index (χ4v) is 3.66. The highest BCUT2D eigenvalue weighted by atomic mass is 32.2. The summed E-state index contributed by atoms with van der Waals surface area (Å²) in [6.45, 7) is 1.80. The van der Waals surface area contributed by atoms with Crippen molar-refractivity contribution in [2.45, 2.75) is 42.6 Å². The third-order valence-electron chi connectivity index (χ3n) is 3.09. The zero-order valence-corrected chi connectivity index (χ0v) is 9.26. The average Bonchev–Trinajstić information content (AvgIpc) is 2.35. The highest BCUT2D eigenvalue weighted by Gasteiger charge is 2.29. The maximum Gasteiger partial charge on any atom is 0.0667 e. The summed E-state index contributed by atoms with van der Waals surface area (Å²) in [7, 11) is 0. The molecule has 1 heterocycles. The molecule has 1 saturated carbocycles. The summed E-state index contributed by atoms with van der Waals surface area (Å²) in [6.07, 6.45) is 6.22. The Balaban J connectivity index is 1.87. The third-order valence-corrected chi connectivity index (χ3v) is 4.66. The minimum atomic E-state index is 0.295. The molecule has 2 atom stereocenters. The van der Waals surface area contributed by atoms with Crippen molar-refractivity contribution in [2.75, 3.05) is 13.2 Å². The zero-order valence-electron chi connectivity index (χ0n) is 8.45. The lowest BCUT2D eigenvalue weighted by Gasteiger charge is -2.30. The van der Waals surface area contributed by atoms with Gasteiger partial charge in [-0.15, -0.1) is 11.8 Å². The molecule has 0 bridgehead atoms. The standard InChI is InChI=1S/C11H17NOS/c12-6-9-4-2-1-3-5-11(9)14-10-7-13-8-10/h9-11H,1-5,7-8H2. The Hall–Kier alpha value is -0.200. The summed E-state index contributed by atoms with van der Waals surface area (Å²) < 4.78 is 5.17. The predicted octanol–water partition coefficient (Wildman–Crippen LogP) is 2.59. The van der Waals surface area contributed by atoms with Gasteiger partial charge in [0.05, 0.1) is 30.5 Å². The molecule has 2 unspecified atom stereocenters. The Morgan fingerprint density at radius 3 is 2.57 bits per heavy atom. The van der Waals surface area contributed by atoms with Crippen molar-refractivity contribution >= 4 is 11.8 Å². The molecule has 0 radical (unpaired) electrons. The van der Waals surface area contributed by atoms with Gasteiger partial charge < -0.3 is 4.74 Å². The number of rotatable bonds is 2. The molecule has 1 aliphatic carbocycles. The van der Waals surface area contributed by atoms with Crippen molar-refractivity contribution in [3.05, 3.63) is 0 Å². The molecule has 0 amide bonds. The molecule has 2 nitrogen and oxygen atoms in total. The Bertz CT molecular complexity index is 222. The van der Waals surface area contributed by atoms with Crippen molar-refractivity contribution in [3.8, 4) is 6.07 Å². The van der Waals surface area contributed by atoms with Crippen LogP contribution in [0.1, 0.15) is 32.1 Å². The summed E-state index contributed by atoms with van der Waals surface area (Å²) in [5, 5.41) is 10.4. The molecule has 3 heteroatoms. The van der Waals surface area contributed by atoms with Crippen LogP contribution in [0.25, 0.3) is 0 Å². The first-order valence-electron chi connectivity index (χ1n) is 5.53. The van der Waals surface area contributed by atoms with Crippen molar-refractivity contribution in [2.24, 2.45) is 5.92 Å². The van der Waals surface area contributed by atoms with E-state index in [2.05, 4.69) is 6.07 Å². The van der Waals surface area contributed by atoms with Crippen LogP contribution in [-0.2, 0) is 4.74 Å². The predicted molar refractivity (Wildman–Crippen MR) is 58.2 cm³/mol. The van der Waals surface area contributed by atoms with Gasteiger partial charge >= 0.3 is 0 Å². The summed E-state index contributed by atoms with van der Waals surface area (Å²) in [6, 6.07) is 2.49. The largest absolute Gasteiger partial charge is 0.379 e. The van der Waals surface area contributed by atoms with Gasteiger partial charge in [-0.2, -0.15) is 5.26 Å². The molecule has 2 aliphatic rings. The van der Waals surface area contributed by atoms with Gasteiger partial charge in [0.15, 0.2) is 0 Å². The lowest BCUT2D eigenvalue weighted by Crippen LogP contribution is -2.33. The summed E-state index contributed by atoms with van der Waals surface area (Å²) >= 11 is 2.01. The Kier molecular flexibility index (Phi) is 3.72. The molecule has 0 aromatic heterocycles. The van der Waals surface area contributed by atoms with E-state index in [-0.39, 0.29) is 0 Å². The van der Waals surface area contributed by atoms with Crippen LogP contribution >= 0.6 is 11.8 Å². The number of hydrogen-bond donors (Lipinski definition) is 0. The minimum Gasteiger partial charge on any atom is -0.379 e. The van der Waals surface area contributed by atoms with Crippen LogP contribution in [0.3, 0.4) is 0 Å². The fraction of sp³-hybridized carbons (Fsp3) is 0.909. The van der Waals surface area contributed by atoms with E-state index < -0.39 is 0 Å². The number of thioether (sulfide) groups is 1. The maximum absolute atomic E-state index is 9.10. The molecular weight excluding hydrogens is 194 g/mol. The average molecular weight is 211 g/mol. The molecule has 0 aromatic carbocycles. The molecule has 2 fully saturated rings. The summed E-state index contributed by atoms with van der Waals surface area (Å²) in [4.78, 5) is 0. The van der Waals surface area contributed by atoms with Crippen molar-refractivity contribution in [1.82, 2.24) is 0 Å². The molecule has 0 aromatic rings. The van der Waals surface area contributed by atoms with E-state index in [0.717, 1.165) is 19.6 Å². The summed E-state index contributed by atoms with van der Waals surface area (Å²) in [5.74, 6) is 0.295. The van der Waals surface area contributed by atoms with Crippen LogP contribution in [0.2, 0.25) is 0 Å². The van der Waals surface area contributed by atoms with E-state index in [4.69, 9.17) is 10.00 Å². The van der Waals surface area contributed by atoms with E-state index in [9.17, 15) is 0 Å². The highest BCUT2D eigenvalue weighted by Crippen LogP contribution is 2.36. The first-order chi connectivity index (χ1) is 6.90. The van der Waals surface area contributed by atoms with Gasteiger partial charge in [0.2, 0.25) is 0 Å². The SMILES string of the molecule is N#CC1CCCCCC1SC1COC1. The smallest absolute Gasteiger partial charge is 0.0667 e. The second kappa shape index (κ2) is 5.04. The van der Waals surface area contributed by atoms with Crippen LogP contribution < -0.4 is 0 Å². The minimum absolute atomic E-state index is 0.295. The molecule has 1 aliphatic heterocycles.